The molecule has 2 aromatic carbocycles. The van der Waals surface area contributed by atoms with Crippen molar-refractivity contribution in [3.8, 4) is 0 Å². The molecule has 4 rings (SSSR count). The first-order chi connectivity index (χ1) is 9.23. The van der Waals surface area contributed by atoms with Gasteiger partial charge in [0.1, 0.15) is 0 Å². The van der Waals surface area contributed by atoms with Gasteiger partial charge < -0.3 is 10.4 Å². The van der Waals surface area contributed by atoms with E-state index in [9.17, 15) is 5.11 Å². The van der Waals surface area contributed by atoms with Gasteiger partial charge in [-0.3, -0.25) is 0 Å². The van der Waals surface area contributed by atoms with Crippen LogP contribution in [0, 0.1) is 0 Å². The molecule has 2 heterocycles. The van der Waals surface area contributed by atoms with E-state index in [-0.39, 0.29) is 0 Å². The predicted octanol–water partition coefficient (Wildman–Crippen LogP) is 2.94. The molecule has 19 heavy (non-hydrogen) atoms. The first-order valence-electron chi connectivity index (χ1n) is 7.21. The molecule has 0 amide bonds. The summed E-state index contributed by atoms with van der Waals surface area (Å²) in [4.78, 5) is 0. The number of fused-ring (bicyclic) bond motifs is 3. The fourth-order valence-corrected chi connectivity index (χ4v) is 3.84. The van der Waals surface area contributed by atoms with Gasteiger partial charge in [-0.25, -0.2) is 0 Å². The third-order valence-corrected chi connectivity index (χ3v) is 4.79. The Labute approximate surface area is 113 Å². The van der Waals surface area contributed by atoms with Gasteiger partial charge in [-0.05, 0) is 48.1 Å². The minimum Gasteiger partial charge on any atom is -0.385 e. The average molecular weight is 253 g/mol. The van der Waals surface area contributed by atoms with Crippen LogP contribution in [0.4, 0.5) is 0 Å². The monoisotopic (exact) mass is 253 g/mol. The van der Waals surface area contributed by atoms with Crippen molar-refractivity contribution in [2.24, 2.45) is 0 Å². The highest BCUT2D eigenvalue weighted by Crippen LogP contribution is 2.41. The molecule has 3 atom stereocenters. The van der Waals surface area contributed by atoms with Crippen LogP contribution in [0.25, 0.3) is 10.8 Å². The number of rotatable bonds is 1. The maximum atomic E-state index is 11.0. The molecule has 0 saturated carbocycles. The topological polar surface area (TPSA) is 32.3 Å². The lowest BCUT2D eigenvalue weighted by molar-refractivity contribution is -0.0113. The predicted molar refractivity (Wildman–Crippen MR) is 77.0 cm³/mol. The molecular weight excluding hydrogens is 234 g/mol. The molecule has 2 bridgehead atoms. The minimum absolute atomic E-state index is 0.496. The summed E-state index contributed by atoms with van der Waals surface area (Å²) in [5.74, 6) is 0. The highest BCUT2D eigenvalue weighted by molar-refractivity contribution is 5.83. The molecule has 98 valence electrons. The second-order valence-electron chi connectivity index (χ2n) is 6.14. The summed E-state index contributed by atoms with van der Waals surface area (Å²) in [6.07, 6.45) is 4.12. The first kappa shape index (κ1) is 11.4. The zero-order chi connectivity index (χ0) is 12.9. The average Bonchev–Trinajstić information content (AvgIpc) is 2.78. The fourth-order valence-electron chi connectivity index (χ4n) is 3.84. The number of piperidine rings is 1. The summed E-state index contributed by atoms with van der Waals surface area (Å²) in [6.45, 7) is 0. The van der Waals surface area contributed by atoms with Crippen LogP contribution in [0.2, 0.25) is 0 Å². The van der Waals surface area contributed by atoms with Crippen molar-refractivity contribution < 1.29 is 5.11 Å². The summed E-state index contributed by atoms with van der Waals surface area (Å²) < 4.78 is 0. The summed E-state index contributed by atoms with van der Waals surface area (Å²) in [5.41, 5.74) is 0.450. The van der Waals surface area contributed by atoms with E-state index in [0.717, 1.165) is 18.4 Å². The molecule has 2 saturated heterocycles. The van der Waals surface area contributed by atoms with Crippen LogP contribution in [0.3, 0.4) is 0 Å². The molecule has 2 heteroatoms. The Morgan fingerprint density at radius 2 is 1.63 bits per heavy atom. The lowest BCUT2D eigenvalue weighted by atomic mass is 9.81. The van der Waals surface area contributed by atoms with E-state index in [1.165, 1.54) is 23.6 Å². The number of benzene rings is 2. The highest BCUT2D eigenvalue weighted by Gasteiger charge is 2.43. The molecule has 0 aromatic heterocycles. The Bertz CT molecular complexity index is 609. The number of aliphatic hydroxyl groups is 1. The second kappa shape index (κ2) is 4.06. The van der Waals surface area contributed by atoms with E-state index >= 15 is 0 Å². The van der Waals surface area contributed by atoms with Crippen LogP contribution >= 0.6 is 0 Å². The molecule has 2 N–H and O–H groups in total. The largest absolute Gasteiger partial charge is 0.385 e. The Morgan fingerprint density at radius 1 is 0.947 bits per heavy atom. The van der Waals surface area contributed by atoms with E-state index in [4.69, 9.17) is 0 Å². The van der Waals surface area contributed by atoms with Crippen molar-refractivity contribution in [1.29, 1.82) is 0 Å². The van der Waals surface area contributed by atoms with Crippen LogP contribution < -0.4 is 5.32 Å². The SMILES string of the molecule is OC1(c2ccc3ccccc3c2)C[C@H]2CC[C@@H](C1)N2. The van der Waals surface area contributed by atoms with Crippen molar-refractivity contribution in [2.75, 3.05) is 0 Å². The zero-order valence-electron chi connectivity index (χ0n) is 11.0. The van der Waals surface area contributed by atoms with E-state index in [0.29, 0.717) is 12.1 Å². The lowest BCUT2D eigenvalue weighted by Crippen LogP contribution is -2.46. The van der Waals surface area contributed by atoms with Crippen molar-refractivity contribution in [3.05, 3.63) is 48.0 Å². The first-order valence-corrected chi connectivity index (χ1v) is 7.21. The van der Waals surface area contributed by atoms with Crippen molar-refractivity contribution >= 4 is 10.8 Å². The summed E-state index contributed by atoms with van der Waals surface area (Å²) in [5, 5.41) is 17.1. The lowest BCUT2D eigenvalue weighted by Gasteiger charge is -2.37. The van der Waals surface area contributed by atoms with Crippen LogP contribution in [0.15, 0.2) is 42.5 Å². The maximum absolute atomic E-state index is 11.0. The Morgan fingerprint density at radius 3 is 2.37 bits per heavy atom. The van der Waals surface area contributed by atoms with Crippen LogP contribution in [0.5, 0.6) is 0 Å². The van der Waals surface area contributed by atoms with E-state index in [1.54, 1.807) is 0 Å². The maximum Gasteiger partial charge on any atom is 0.0926 e. The van der Waals surface area contributed by atoms with Crippen molar-refractivity contribution in [3.63, 3.8) is 0 Å². The second-order valence-corrected chi connectivity index (χ2v) is 6.14. The van der Waals surface area contributed by atoms with Gasteiger partial charge in [-0.15, -0.1) is 0 Å². The molecule has 0 radical (unpaired) electrons. The van der Waals surface area contributed by atoms with Gasteiger partial charge >= 0.3 is 0 Å². The van der Waals surface area contributed by atoms with Gasteiger partial charge in [0.15, 0.2) is 0 Å². The Balaban J connectivity index is 1.76. The van der Waals surface area contributed by atoms with Gasteiger partial charge in [-0.2, -0.15) is 0 Å². The van der Waals surface area contributed by atoms with Gasteiger partial charge in [-0.1, -0.05) is 36.4 Å². The third kappa shape index (κ3) is 1.87. The van der Waals surface area contributed by atoms with Gasteiger partial charge in [0.25, 0.3) is 0 Å². The van der Waals surface area contributed by atoms with E-state index < -0.39 is 5.60 Å². The Hall–Kier alpha value is -1.38. The minimum atomic E-state index is -0.638. The molecule has 2 aliphatic rings. The molecule has 2 aliphatic heterocycles. The molecule has 0 aliphatic carbocycles. The zero-order valence-corrected chi connectivity index (χ0v) is 11.0. The third-order valence-electron chi connectivity index (χ3n) is 4.79. The van der Waals surface area contributed by atoms with Crippen molar-refractivity contribution in [2.45, 2.75) is 43.4 Å². The number of nitrogens with one attached hydrogen (secondary N) is 1. The fraction of sp³-hybridized carbons (Fsp3) is 0.412. The van der Waals surface area contributed by atoms with Gasteiger partial charge in [0.05, 0.1) is 5.60 Å². The molecule has 2 aromatic rings. The smallest absolute Gasteiger partial charge is 0.0926 e. The van der Waals surface area contributed by atoms with Gasteiger partial charge in [0.2, 0.25) is 0 Å². The van der Waals surface area contributed by atoms with Gasteiger partial charge in [0, 0.05) is 12.1 Å². The number of hydrogen-bond acceptors (Lipinski definition) is 2. The highest BCUT2D eigenvalue weighted by atomic mass is 16.3. The van der Waals surface area contributed by atoms with E-state index in [2.05, 4.69) is 47.8 Å². The molecule has 1 unspecified atom stereocenters. The normalized spacial score (nSPS) is 33.7. The summed E-state index contributed by atoms with van der Waals surface area (Å²) in [6, 6.07) is 15.8. The summed E-state index contributed by atoms with van der Waals surface area (Å²) in [7, 11) is 0. The molecule has 2 nitrogen and oxygen atoms in total. The molecule has 2 fully saturated rings. The van der Waals surface area contributed by atoms with E-state index in [1.807, 2.05) is 0 Å². The van der Waals surface area contributed by atoms with Crippen LogP contribution in [-0.2, 0) is 5.60 Å². The van der Waals surface area contributed by atoms with Crippen LogP contribution in [0.1, 0.15) is 31.2 Å². The standard InChI is InChI=1S/C17H19NO/c19-17(10-15-7-8-16(11-17)18-15)14-6-5-12-3-1-2-4-13(12)9-14/h1-6,9,15-16,18-19H,7-8,10-11H2/t15-,16+,17?. The number of hydrogen-bond donors (Lipinski definition) is 2. The summed E-state index contributed by atoms with van der Waals surface area (Å²) >= 11 is 0. The van der Waals surface area contributed by atoms with Crippen LogP contribution in [-0.4, -0.2) is 17.2 Å². The quantitative estimate of drug-likeness (QED) is 0.819. The molecular formula is C17H19NO. The van der Waals surface area contributed by atoms with Crippen molar-refractivity contribution in [1.82, 2.24) is 5.32 Å². The molecule has 0 spiro atoms. The Kier molecular flexibility index (Phi) is 2.44.